The molecule has 1 aromatic rings. The highest BCUT2D eigenvalue weighted by Crippen LogP contribution is 2.28. The Bertz CT molecular complexity index is 517. The minimum absolute atomic E-state index is 0.0114. The van der Waals surface area contributed by atoms with E-state index in [0.717, 1.165) is 0 Å². The topological polar surface area (TPSA) is 110 Å². The molecule has 0 aromatic heterocycles. The standard InChI is InChI=1S/C10H9BrN2O5/c1-5(10(15)16)12-9(14)6-3-2-4-7(8(6)11)13(17)18/h2-5H,1H3,(H,12,14)(H,15,16). The number of carboxylic acid groups (broad SMARTS) is 1. The van der Waals surface area contributed by atoms with E-state index < -0.39 is 22.8 Å². The normalized spacial score (nSPS) is 11.7. The third-order valence-electron chi connectivity index (χ3n) is 2.14. The van der Waals surface area contributed by atoms with Gasteiger partial charge in [0.05, 0.1) is 10.5 Å². The first-order valence-electron chi connectivity index (χ1n) is 4.81. The number of hydrogen-bond acceptors (Lipinski definition) is 4. The van der Waals surface area contributed by atoms with Crippen molar-refractivity contribution >= 4 is 33.5 Å². The minimum Gasteiger partial charge on any atom is -0.480 e. The second kappa shape index (κ2) is 5.58. The Morgan fingerprint density at radius 3 is 2.61 bits per heavy atom. The molecule has 1 amide bonds. The molecule has 0 radical (unpaired) electrons. The van der Waals surface area contributed by atoms with Gasteiger partial charge in [-0.1, -0.05) is 6.07 Å². The van der Waals surface area contributed by atoms with Crippen LogP contribution in [0, 0.1) is 10.1 Å². The number of carboxylic acids is 1. The summed E-state index contributed by atoms with van der Waals surface area (Å²) in [7, 11) is 0. The summed E-state index contributed by atoms with van der Waals surface area (Å²) in [4.78, 5) is 32.4. The molecule has 8 heteroatoms. The second-order valence-electron chi connectivity index (χ2n) is 3.43. The minimum atomic E-state index is -1.19. The number of nitrogens with zero attached hydrogens (tertiary/aromatic N) is 1. The van der Waals surface area contributed by atoms with E-state index in [4.69, 9.17) is 5.11 Å². The summed E-state index contributed by atoms with van der Waals surface area (Å²) in [6.07, 6.45) is 0. The number of carbonyl (C=O) groups excluding carboxylic acids is 1. The molecule has 0 saturated carbocycles. The van der Waals surface area contributed by atoms with Crippen molar-refractivity contribution in [1.82, 2.24) is 5.32 Å². The number of carbonyl (C=O) groups is 2. The maximum atomic E-state index is 11.7. The van der Waals surface area contributed by atoms with Gasteiger partial charge < -0.3 is 10.4 Å². The van der Waals surface area contributed by atoms with E-state index in [9.17, 15) is 19.7 Å². The maximum absolute atomic E-state index is 11.7. The summed E-state index contributed by atoms with van der Waals surface area (Å²) >= 11 is 2.96. The molecule has 96 valence electrons. The molecule has 18 heavy (non-hydrogen) atoms. The molecule has 0 aliphatic rings. The third kappa shape index (κ3) is 3.04. The molecule has 1 rings (SSSR count). The number of halogens is 1. The van der Waals surface area contributed by atoms with Crippen molar-refractivity contribution in [3.05, 3.63) is 38.3 Å². The Labute approximate surface area is 110 Å². The molecule has 2 N–H and O–H groups in total. The Morgan fingerprint density at radius 1 is 1.50 bits per heavy atom. The highest BCUT2D eigenvalue weighted by Gasteiger charge is 2.21. The third-order valence-corrected chi connectivity index (χ3v) is 2.97. The van der Waals surface area contributed by atoms with Gasteiger partial charge >= 0.3 is 5.97 Å². The molecule has 1 atom stereocenters. The van der Waals surface area contributed by atoms with Gasteiger partial charge in [0.25, 0.3) is 11.6 Å². The predicted molar refractivity (Wildman–Crippen MR) is 65.4 cm³/mol. The fourth-order valence-electron chi connectivity index (χ4n) is 1.17. The van der Waals surface area contributed by atoms with Crippen LogP contribution in [0.1, 0.15) is 17.3 Å². The number of rotatable bonds is 4. The Hall–Kier alpha value is -1.96. The van der Waals surface area contributed by atoms with Crippen molar-refractivity contribution in [3.63, 3.8) is 0 Å². The van der Waals surface area contributed by atoms with Crippen LogP contribution in [-0.2, 0) is 4.79 Å². The van der Waals surface area contributed by atoms with Crippen molar-refractivity contribution in [2.24, 2.45) is 0 Å². The second-order valence-corrected chi connectivity index (χ2v) is 4.22. The summed E-state index contributed by atoms with van der Waals surface area (Å²) in [5.74, 6) is -1.88. The van der Waals surface area contributed by atoms with Gasteiger partial charge in [-0.3, -0.25) is 19.7 Å². The van der Waals surface area contributed by atoms with Crippen LogP contribution < -0.4 is 5.32 Å². The lowest BCUT2D eigenvalue weighted by atomic mass is 10.2. The van der Waals surface area contributed by atoms with Gasteiger partial charge in [-0.15, -0.1) is 0 Å². The molecule has 0 bridgehead atoms. The fourth-order valence-corrected chi connectivity index (χ4v) is 1.76. The lowest BCUT2D eigenvalue weighted by Crippen LogP contribution is -2.38. The molecular formula is C10H9BrN2O5. The van der Waals surface area contributed by atoms with Gasteiger partial charge in [0.2, 0.25) is 0 Å². The van der Waals surface area contributed by atoms with Gasteiger partial charge in [0.1, 0.15) is 10.5 Å². The van der Waals surface area contributed by atoms with E-state index in [-0.39, 0.29) is 15.7 Å². The number of hydrogen-bond donors (Lipinski definition) is 2. The van der Waals surface area contributed by atoms with Crippen molar-refractivity contribution in [2.45, 2.75) is 13.0 Å². The number of nitro benzene ring substituents is 1. The SMILES string of the molecule is CC(NC(=O)c1cccc([N+](=O)[O-])c1Br)C(=O)O. The molecule has 1 aromatic carbocycles. The first-order valence-corrected chi connectivity index (χ1v) is 5.60. The van der Waals surface area contributed by atoms with Crippen molar-refractivity contribution in [3.8, 4) is 0 Å². The molecule has 0 fully saturated rings. The van der Waals surface area contributed by atoms with Crippen LogP contribution in [-0.4, -0.2) is 27.9 Å². The quantitative estimate of drug-likeness (QED) is 0.647. The van der Waals surface area contributed by atoms with Crippen LogP contribution in [0.2, 0.25) is 0 Å². The molecule has 7 nitrogen and oxygen atoms in total. The lowest BCUT2D eigenvalue weighted by molar-refractivity contribution is -0.385. The summed E-state index contributed by atoms with van der Waals surface area (Å²) in [6.45, 7) is 1.30. The van der Waals surface area contributed by atoms with Crippen LogP contribution in [0.15, 0.2) is 22.7 Å². The first kappa shape index (κ1) is 14.1. The van der Waals surface area contributed by atoms with Crippen LogP contribution in [0.4, 0.5) is 5.69 Å². The smallest absolute Gasteiger partial charge is 0.325 e. The van der Waals surface area contributed by atoms with E-state index in [1.807, 2.05) is 0 Å². The van der Waals surface area contributed by atoms with Gasteiger partial charge in [0, 0.05) is 6.07 Å². The zero-order valence-corrected chi connectivity index (χ0v) is 10.8. The van der Waals surface area contributed by atoms with E-state index in [2.05, 4.69) is 21.2 Å². The Balaban J connectivity index is 3.04. The highest BCUT2D eigenvalue weighted by atomic mass is 79.9. The molecule has 0 spiro atoms. The van der Waals surface area contributed by atoms with E-state index >= 15 is 0 Å². The average molecular weight is 317 g/mol. The largest absolute Gasteiger partial charge is 0.480 e. The molecule has 0 aliphatic heterocycles. The van der Waals surface area contributed by atoms with E-state index in [1.54, 1.807) is 0 Å². The molecule has 1 unspecified atom stereocenters. The number of amides is 1. The van der Waals surface area contributed by atoms with Crippen molar-refractivity contribution < 1.29 is 19.6 Å². The maximum Gasteiger partial charge on any atom is 0.325 e. The van der Waals surface area contributed by atoms with Gasteiger partial charge in [0.15, 0.2) is 0 Å². The number of nitro groups is 1. The molecular weight excluding hydrogens is 308 g/mol. The lowest BCUT2D eigenvalue weighted by Gasteiger charge is -2.10. The predicted octanol–water partition coefficient (Wildman–Crippen LogP) is 1.56. The summed E-state index contributed by atoms with van der Waals surface area (Å²) in [6, 6.07) is 2.87. The Kier molecular flexibility index (Phi) is 4.38. The van der Waals surface area contributed by atoms with Gasteiger partial charge in [-0.2, -0.15) is 0 Å². The zero-order chi connectivity index (χ0) is 13.9. The van der Waals surface area contributed by atoms with Crippen molar-refractivity contribution in [1.29, 1.82) is 0 Å². The fraction of sp³-hybridized carbons (Fsp3) is 0.200. The van der Waals surface area contributed by atoms with Crippen LogP contribution in [0.5, 0.6) is 0 Å². The monoisotopic (exact) mass is 316 g/mol. The zero-order valence-electron chi connectivity index (χ0n) is 9.21. The van der Waals surface area contributed by atoms with Crippen LogP contribution >= 0.6 is 15.9 Å². The summed E-state index contributed by atoms with van der Waals surface area (Å²) in [5.41, 5.74) is -0.247. The average Bonchev–Trinajstić information content (AvgIpc) is 2.28. The summed E-state index contributed by atoms with van der Waals surface area (Å²) < 4.78 is 0.0186. The van der Waals surface area contributed by atoms with Crippen LogP contribution in [0.25, 0.3) is 0 Å². The number of nitrogens with one attached hydrogen (secondary N) is 1. The highest BCUT2D eigenvalue weighted by molar-refractivity contribution is 9.10. The Morgan fingerprint density at radius 2 is 2.11 bits per heavy atom. The number of benzene rings is 1. The summed E-state index contributed by atoms with van der Waals surface area (Å²) in [5, 5.41) is 21.5. The number of aliphatic carboxylic acids is 1. The van der Waals surface area contributed by atoms with Crippen molar-refractivity contribution in [2.75, 3.05) is 0 Å². The van der Waals surface area contributed by atoms with E-state index in [0.29, 0.717) is 0 Å². The molecule has 0 aliphatic carbocycles. The molecule has 0 heterocycles. The van der Waals surface area contributed by atoms with Gasteiger partial charge in [-0.05, 0) is 28.9 Å². The first-order chi connectivity index (χ1) is 8.34. The van der Waals surface area contributed by atoms with Gasteiger partial charge in [-0.25, -0.2) is 0 Å². The molecule has 0 saturated heterocycles. The van der Waals surface area contributed by atoms with E-state index in [1.165, 1.54) is 25.1 Å². The van der Waals surface area contributed by atoms with Crippen LogP contribution in [0.3, 0.4) is 0 Å².